The van der Waals surface area contributed by atoms with Crippen molar-refractivity contribution in [3.05, 3.63) is 0 Å². The smallest absolute Gasteiger partial charge is 0.462 e. The van der Waals surface area contributed by atoms with Crippen molar-refractivity contribution in [2.45, 2.75) is 414 Å². The zero-order valence-electron chi connectivity index (χ0n) is 63.7. The Morgan fingerprint density at radius 2 is 0.495 bits per heavy atom. The van der Waals surface area contributed by atoms with Gasteiger partial charge in [0.25, 0.3) is 0 Å². The average Bonchev–Trinajstić information content (AvgIpc) is 1.21. The topological polar surface area (TPSA) is 237 Å². The maximum absolute atomic E-state index is 13.1. The summed E-state index contributed by atoms with van der Waals surface area (Å²) in [5.74, 6) is 0.995. The Kier molecular flexibility index (Phi) is 65.9. The predicted molar refractivity (Wildman–Crippen MR) is 395 cm³/mol. The molecule has 0 fully saturated rings. The molecule has 0 aliphatic carbocycles. The third-order valence-corrected chi connectivity index (χ3v) is 20.7. The van der Waals surface area contributed by atoms with Gasteiger partial charge in [0, 0.05) is 25.7 Å². The Morgan fingerprint density at radius 3 is 0.732 bits per heavy atom. The van der Waals surface area contributed by atoms with Crippen molar-refractivity contribution in [1.29, 1.82) is 0 Å². The summed E-state index contributed by atoms with van der Waals surface area (Å²) < 4.78 is 68.6. The number of rotatable bonds is 75. The number of aliphatic hydroxyl groups excluding tert-OH is 1. The molecule has 576 valence electrons. The summed E-state index contributed by atoms with van der Waals surface area (Å²) in [6, 6.07) is 0. The van der Waals surface area contributed by atoms with Crippen molar-refractivity contribution in [1.82, 2.24) is 0 Å². The number of phosphoric acid groups is 2. The van der Waals surface area contributed by atoms with Crippen LogP contribution in [-0.4, -0.2) is 96.7 Å². The van der Waals surface area contributed by atoms with Crippen LogP contribution in [0.25, 0.3) is 0 Å². The summed E-state index contributed by atoms with van der Waals surface area (Å²) in [4.78, 5) is 72.9. The van der Waals surface area contributed by atoms with E-state index in [9.17, 15) is 43.2 Å². The van der Waals surface area contributed by atoms with Crippen LogP contribution in [0.1, 0.15) is 396 Å². The zero-order chi connectivity index (χ0) is 71.7. The first-order valence-corrected chi connectivity index (χ1v) is 43.3. The van der Waals surface area contributed by atoms with Crippen molar-refractivity contribution in [2.24, 2.45) is 23.7 Å². The molecule has 4 unspecified atom stereocenters. The Bertz CT molecular complexity index is 1910. The minimum Gasteiger partial charge on any atom is -0.462 e. The maximum Gasteiger partial charge on any atom is 0.472 e. The van der Waals surface area contributed by atoms with Crippen molar-refractivity contribution < 1.29 is 80.2 Å². The Hall–Kier alpha value is -1.94. The van der Waals surface area contributed by atoms with Gasteiger partial charge in [-0.25, -0.2) is 9.13 Å². The van der Waals surface area contributed by atoms with E-state index in [1.54, 1.807) is 0 Å². The van der Waals surface area contributed by atoms with E-state index in [4.69, 9.17) is 37.0 Å². The number of aliphatic hydroxyl groups is 1. The van der Waals surface area contributed by atoms with Gasteiger partial charge in [0.15, 0.2) is 12.2 Å². The number of carbonyl (C=O) groups excluding carboxylic acids is 4. The van der Waals surface area contributed by atoms with Gasteiger partial charge in [-0.2, -0.15) is 0 Å². The lowest BCUT2D eigenvalue weighted by molar-refractivity contribution is -0.161. The quantitative estimate of drug-likeness (QED) is 0.0222. The van der Waals surface area contributed by atoms with E-state index in [2.05, 4.69) is 55.4 Å². The molecule has 17 nitrogen and oxygen atoms in total. The van der Waals surface area contributed by atoms with E-state index < -0.39 is 97.5 Å². The molecule has 97 heavy (non-hydrogen) atoms. The van der Waals surface area contributed by atoms with E-state index in [1.165, 1.54) is 193 Å². The molecular weight excluding hydrogens is 1270 g/mol. The number of unbranched alkanes of at least 4 members (excludes halogenated alkanes) is 39. The normalized spacial score (nSPS) is 14.6. The highest BCUT2D eigenvalue weighted by atomic mass is 31.2. The van der Waals surface area contributed by atoms with Crippen molar-refractivity contribution in [3.63, 3.8) is 0 Å². The Balaban J connectivity index is 5.24. The molecule has 7 atom stereocenters. The molecule has 0 aromatic carbocycles. The summed E-state index contributed by atoms with van der Waals surface area (Å²) in [7, 11) is -9.92. The van der Waals surface area contributed by atoms with E-state index in [1.807, 2.05) is 0 Å². The lowest BCUT2D eigenvalue weighted by Gasteiger charge is -2.21. The van der Waals surface area contributed by atoms with Gasteiger partial charge in [0.1, 0.15) is 19.3 Å². The third kappa shape index (κ3) is 69.5. The molecule has 3 N–H and O–H groups in total. The summed E-state index contributed by atoms with van der Waals surface area (Å²) in [5, 5.41) is 10.6. The minimum atomic E-state index is -4.96. The highest BCUT2D eigenvalue weighted by Gasteiger charge is 2.30. The van der Waals surface area contributed by atoms with Gasteiger partial charge in [-0.15, -0.1) is 0 Å². The summed E-state index contributed by atoms with van der Waals surface area (Å²) in [6.45, 7) is 14.2. The van der Waals surface area contributed by atoms with E-state index in [-0.39, 0.29) is 25.7 Å². The van der Waals surface area contributed by atoms with Crippen LogP contribution in [0.5, 0.6) is 0 Å². The van der Waals surface area contributed by atoms with Gasteiger partial charge in [0.05, 0.1) is 26.4 Å². The number of ether oxygens (including phenoxy) is 4. The lowest BCUT2D eigenvalue weighted by atomic mass is 9.99. The van der Waals surface area contributed by atoms with Gasteiger partial charge in [-0.1, -0.05) is 344 Å². The molecule has 0 saturated carbocycles. The number of hydrogen-bond acceptors (Lipinski definition) is 15. The number of phosphoric ester groups is 2. The van der Waals surface area contributed by atoms with Crippen LogP contribution in [-0.2, 0) is 65.4 Å². The van der Waals surface area contributed by atoms with Crippen LogP contribution < -0.4 is 0 Å². The molecule has 0 aromatic rings. The molecule has 0 saturated heterocycles. The molecule has 0 aliphatic rings. The molecular formula is C78H152O17P2. The van der Waals surface area contributed by atoms with Crippen LogP contribution in [0.4, 0.5) is 0 Å². The minimum absolute atomic E-state index is 0.106. The van der Waals surface area contributed by atoms with E-state index >= 15 is 0 Å². The van der Waals surface area contributed by atoms with Gasteiger partial charge >= 0.3 is 39.5 Å². The Morgan fingerprint density at radius 1 is 0.289 bits per heavy atom. The lowest BCUT2D eigenvalue weighted by Crippen LogP contribution is -2.30. The number of esters is 4. The van der Waals surface area contributed by atoms with Crippen molar-refractivity contribution in [2.75, 3.05) is 39.6 Å². The zero-order valence-corrected chi connectivity index (χ0v) is 65.5. The second-order valence-electron chi connectivity index (χ2n) is 29.5. The first kappa shape index (κ1) is 95.1. The molecule has 0 spiro atoms. The highest BCUT2D eigenvalue weighted by Crippen LogP contribution is 2.45. The van der Waals surface area contributed by atoms with Gasteiger partial charge in [-0.05, 0) is 49.4 Å². The molecule has 0 heterocycles. The van der Waals surface area contributed by atoms with E-state index in [0.29, 0.717) is 25.7 Å². The summed E-state index contributed by atoms with van der Waals surface area (Å²) in [6.07, 6.45) is 52.7. The standard InChI is InChI=1S/C78H152O17P2/c1-9-70(7)56-48-40-32-26-22-23-29-35-45-53-61-78(83)94-73(64-88-75(80)58-50-42-33-27-21-17-19-25-31-39-47-55-69(5)6)66-92-96(84,85)90-62-72(79)63-91-97(86,87)93-67-74(65-89-76(81)59-51-43-37-36-41-49-57-71(8)10-2)95-77(82)60-52-44-34-28-20-16-14-12-11-13-15-18-24-30-38-46-54-68(3)4/h68-74,79H,9-67H2,1-8H3,(H,84,85)(H,86,87)/t70?,71?,72-,73-,74-/m1/s1. The fraction of sp³-hybridized carbons (Fsp3) is 0.949. The molecule has 0 aromatic heterocycles. The average molecular weight is 1420 g/mol. The van der Waals surface area contributed by atoms with Crippen LogP contribution >= 0.6 is 15.6 Å². The molecule has 0 rings (SSSR count). The molecule has 0 radical (unpaired) electrons. The van der Waals surface area contributed by atoms with Crippen LogP contribution in [0.3, 0.4) is 0 Å². The van der Waals surface area contributed by atoms with Crippen molar-refractivity contribution >= 4 is 39.5 Å². The third-order valence-electron chi connectivity index (χ3n) is 18.8. The van der Waals surface area contributed by atoms with Gasteiger partial charge in [0.2, 0.25) is 0 Å². The van der Waals surface area contributed by atoms with Crippen LogP contribution in [0.2, 0.25) is 0 Å². The first-order valence-electron chi connectivity index (χ1n) is 40.3. The van der Waals surface area contributed by atoms with Crippen molar-refractivity contribution in [3.8, 4) is 0 Å². The van der Waals surface area contributed by atoms with Gasteiger partial charge < -0.3 is 33.8 Å². The fourth-order valence-corrected chi connectivity index (χ4v) is 13.4. The second-order valence-corrected chi connectivity index (χ2v) is 32.4. The predicted octanol–water partition coefficient (Wildman–Crippen LogP) is 22.8. The number of carbonyl (C=O) groups is 4. The van der Waals surface area contributed by atoms with Gasteiger partial charge in [-0.3, -0.25) is 37.3 Å². The molecule has 0 bridgehead atoms. The maximum atomic E-state index is 13.1. The Labute approximate surface area is 594 Å². The molecule has 0 aliphatic heterocycles. The fourth-order valence-electron chi connectivity index (χ4n) is 11.8. The SMILES string of the molecule is CCC(C)CCCCCCCCCCCCC(=O)O[C@H](COC(=O)CCCCCCCCCCCCCC(C)C)COP(=O)(O)OC[C@@H](O)COP(=O)(O)OC[C@@H](COC(=O)CCCCCCCCC(C)CC)OC(=O)CCCCCCCCCCCCCCCCCCC(C)C. The summed E-state index contributed by atoms with van der Waals surface area (Å²) >= 11 is 0. The number of hydrogen-bond donors (Lipinski definition) is 3. The highest BCUT2D eigenvalue weighted by molar-refractivity contribution is 7.47. The second kappa shape index (κ2) is 67.2. The van der Waals surface area contributed by atoms with Crippen LogP contribution in [0.15, 0.2) is 0 Å². The molecule has 19 heteroatoms. The summed E-state index contributed by atoms with van der Waals surface area (Å²) in [5.41, 5.74) is 0. The first-order chi connectivity index (χ1) is 46.7. The largest absolute Gasteiger partial charge is 0.472 e. The van der Waals surface area contributed by atoms with E-state index in [0.717, 1.165) is 120 Å². The van der Waals surface area contributed by atoms with Crippen LogP contribution in [0, 0.1) is 23.7 Å². The molecule has 0 amide bonds. The monoisotopic (exact) mass is 1420 g/mol.